The lowest BCUT2D eigenvalue weighted by atomic mass is 10.2. The summed E-state index contributed by atoms with van der Waals surface area (Å²) in [5.41, 5.74) is 0.562. The van der Waals surface area contributed by atoms with Crippen LogP contribution >= 0.6 is 39.1 Å². The summed E-state index contributed by atoms with van der Waals surface area (Å²) in [6, 6.07) is 5.45. The van der Waals surface area contributed by atoms with Crippen molar-refractivity contribution in [2.75, 3.05) is 38.6 Å². The molecule has 1 aliphatic heterocycles. The van der Waals surface area contributed by atoms with E-state index in [1.165, 1.54) is 0 Å². The Balaban J connectivity index is 2.07. The Bertz CT molecular complexity index is 484. The number of alkyl halides is 1. The molecule has 0 aromatic heterocycles. The molecule has 1 aromatic carbocycles. The Morgan fingerprint density at radius 3 is 2.80 bits per heavy atom. The molecule has 1 fully saturated rings. The van der Waals surface area contributed by atoms with E-state index in [0.29, 0.717) is 16.5 Å². The van der Waals surface area contributed by atoms with Crippen molar-refractivity contribution in [1.29, 1.82) is 0 Å². The van der Waals surface area contributed by atoms with Crippen molar-refractivity contribution < 1.29 is 4.79 Å². The monoisotopic (exact) mass is 378 g/mol. The zero-order chi connectivity index (χ0) is 14.5. The van der Waals surface area contributed by atoms with Gasteiger partial charge in [0, 0.05) is 36.5 Å². The quantitative estimate of drug-likeness (QED) is 0.750. The van der Waals surface area contributed by atoms with Gasteiger partial charge in [0.2, 0.25) is 0 Å². The summed E-state index contributed by atoms with van der Waals surface area (Å²) in [6.07, 6.45) is 0.967. The zero-order valence-electron chi connectivity index (χ0n) is 11.1. The first kappa shape index (κ1) is 16.1. The number of rotatable bonds is 3. The van der Waals surface area contributed by atoms with Gasteiger partial charge in [-0.25, -0.2) is 0 Å². The number of hydrogen-bond acceptors (Lipinski definition) is 2. The van der Waals surface area contributed by atoms with Crippen LogP contribution in [-0.2, 0) is 0 Å². The summed E-state index contributed by atoms with van der Waals surface area (Å²) in [5, 5.41) is 0.486. The summed E-state index contributed by atoms with van der Waals surface area (Å²) in [7, 11) is 0. The Morgan fingerprint density at radius 2 is 2.05 bits per heavy atom. The number of carbonyl (C=O) groups is 1. The molecule has 1 amide bonds. The maximum atomic E-state index is 12.6. The smallest absolute Gasteiger partial charge is 0.255 e. The molecule has 1 aromatic rings. The van der Waals surface area contributed by atoms with E-state index in [0.717, 1.165) is 43.6 Å². The normalized spacial score (nSPS) is 17.1. The third-order valence-corrected chi connectivity index (χ3v) is 4.92. The summed E-state index contributed by atoms with van der Waals surface area (Å²) in [6.45, 7) is 4.22. The van der Waals surface area contributed by atoms with Gasteiger partial charge < -0.3 is 9.80 Å². The van der Waals surface area contributed by atoms with Gasteiger partial charge in [0.25, 0.3) is 5.91 Å². The molecule has 0 atom stereocenters. The molecule has 3 nitrogen and oxygen atoms in total. The van der Waals surface area contributed by atoms with E-state index in [2.05, 4.69) is 20.8 Å². The maximum Gasteiger partial charge on any atom is 0.255 e. The molecule has 1 saturated heterocycles. The highest BCUT2D eigenvalue weighted by atomic mass is 79.9. The number of carbonyl (C=O) groups excluding carboxylic acids is 1. The molecule has 1 heterocycles. The van der Waals surface area contributed by atoms with Crippen molar-refractivity contribution in [2.24, 2.45) is 0 Å². The van der Waals surface area contributed by atoms with E-state index in [1.807, 2.05) is 17.0 Å². The molecule has 110 valence electrons. The second-order valence-corrected chi connectivity index (χ2v) is 6.39. The molecule has 20 heavy (non-hydrogen) atoms. The fourth-order valence-electron chi connectivity index (χ4n) is 2.36. The Morgan fingerprint density at radius 1 is 1.25 bits per heavy atom. The zero-order valence-corrected chi connectivity index (χ0v) is 14.2. The second kappa shape index (κ2) is 7.64. The van der Waals surface area contributed by atoms with Crippen LogP contribution in [0.15, 0.2) is 22.7 Å². The minimum atomic E-state index is 0.00373. The van der Waals surface area contributed by atoms with Crippen molar-refractivity contribution in [3.05, 3.63) is 33.3 Å². The van der Waals surface area contributed by atoms with E-state index >= 15 is 0 Å². The lowest BCUT2D eigenvalue weighted by Crippen LogP contribution is -2.35. The molecular weight excluding hydrogens is 363 g/mol. The van der Waals surface area contributed by atoms with Crippen molar-refractivity contribution in [2.45, 2.75) is 6.42 Å². The molecule has 6 heteroatoms. The molecule has 0 spiro atoms. The van der Waals surface area contributed by atoms with E-state index in [-0.39, 0.29) is 5.91 Å². The fourth-order valence-corrected chi connectivity index (χ4v) is 3.17. The number of nitrogens with zero attached hydrogens (tertiary/aromatic N) is 2. The molecule has 0 aliphatic carbocycles. The summed E-state index contributed by atoms with van der Waals surface area (Å²) >= 11 is 15.3. The number of halogens is 3. The Labute approximate surface area is 138 Å². The largest absolute Gasteiger partial charge is 0.337 e. The Kier molecular flexibility index (Phi) is 6.15. The van der Waals surface area contributed by atoms with Crippen LogP contribution in [0.25, 0.3) is 0 Å². The van der Waals surface area contributed by atoms with Crippen LogP contribution in [0.3, 0.4) is 0 Å². The van der Waals surface area contributed by atoms with E-state index < -0.39 is 0 Å². The van der Waals surface area contributed by atoms with Crippen LogP contribution in [0.4, 0.5) is 0 Å². The standard InChI is InChI=1S/C14H17BrCl2N2O/c15-12-4-1-3-11(13(12)17)14(20)19-7-2-6-18(8-5-16)9-10-19/h1,3-4H,2,5-10H2. The fraction of sp³-hybridized carbons (Fsp3) is 0.500. The van der Waals surface area contributed by atoms with Crippen LogP contribution in [0.1, 0.15) is 16.8 Å². The molecule has 0 bridgehead atoms. The van der Waals surface area contributed by atoms with E-state index in [9.17, 15) is 4.79 Å². The Hall–Kier alpha value is -0.290. The van der Waals surface area contributed by atoms with Crippen molar-refractivity contribution in [3.63, 3.8) is 0 Å². The molecule has 0 radical (unpaired) electrons. The summed E-state index contributed by atoms with van der Waals surface area (Å²) < 4.78 is 0.753. The van der Waals surface area contributed by atoms with Crippen LogP contribution in [0, 0.1) is 0 Å². The first-order chi connectivity index (χ1) is 9.63. The predicted octanol–water partition coefficient (Wildman–Crippen LogP) is 3.49. The van der Waals surface area contributed by atoms with Crippen molar-refractivity contribution >= 4 is 45.0 Å². The lowest BCUT2D eigenvalue weighted by molar-refractivity contribution is 0.0762. The molecule has 2 rings (SSSR count). The summed E-state index contributed by atoms with van der Waals surface area (Å²) in [5.74, 6) is 0.634. The van der Waals surface area contributed by atoms with E-state index in [1.54, 1.807) is 6.07 Å². The van der Waals surface area contributed by atoms with Crippen LogP contribution < -0.4 is 0 Å². The molecule has 0 saturated carbocycles. The van der Waals surface area contributed by atoms with Gasteiger partial charge in [-0.3, -0.25) is 4.79 Å². The lowest BCUT2D eigenvalue weighted by Gasteiger charge is -2.22. The van der Waals surface area contributed by atoms with Gasteiger partial charge in [0.1, 0.15) is 0 Å². The highest BCUT2D eigenvalue weighted by Crippen LogP contribution is 2.27. The average molecular weight is 380 g/mol. The van der Waals surface area contributed by atoms with E-state index in [4.69, 9.17) is 23.2 Å². The van der Waals surface area contributed by atoms with Gasteiger partial charge in [-0.15, -0.1) is 11.6 Å². The number of benzene rings is 1. The van der Waals surface area contributed by atoms with Crippen LogP contribution in [0.5, 0.6) is 0 Å². The van der Waals surface area contributed by atoms with Crippen molar-refractivity contribution in [3.8, 4) is 0 Å². The first-order valence-corrected chi connectivity index (χ1v) is 8.35. The van der Waals surface area contributed by atoms with Crippen molar-refractivity contribution in [1.82, 2.24) is 9.80 Å². The van der Waals surface area contributed by atoms with Crippen LogP contribution in [-0.4, -0.2) is 54.3 Å². The molecule has 0 unspecified atom stereocenters. The van der Waals surface area contributed by atoms with Gasteiger partial charge in [-0.05, 0) is 41.0 Å². The molecule has 0 N–H and O–H groups in total. The summed E-state index contributed by atoms with van der Waals surface area (Å²) in [4.78, 5) is 16.7. The number of amides is 1. The van der Waals surface area contributed by atoms with Gasteiger partial charge >= 0.3 is 0 Å². The minimum absolute atomic E-state index is 0.00373. The van der Waals surface area contributed by atoms with Gasteiger partial charge in [0.15, 0.2) is 0 Å². The second-order valence-electron chi connectivity index (χ2n) is 4.78. The third-order valence-electron chi connectivity index (χ3n) is 3.46. The van der Waals surface area contributed by atoms with Crippen LogP contribution in [0.2, 0.25) is 5.02 Å². The highest BCUT2D eigenvalue weighted by Gasteiger charge is 2.22. The number of hydrogen-bond donors (Lipinski definition) is 0. The SMILES string of the molecule is O=C(c1cccc(Br)c1Cl)N1CCCN(CCCl)CC1. The average Bonchev–Trinajstić information content (AvgIpc) is 2.67. The predicted molar refractivity (Wildman–Crippen MR) is 86.8 cm³/mol. The molecule has 1 aliphatic rings. The van der Waals surface area contributed by atoms with Gasteiger partial charge in [-0.1, -0.05) is 17.7 Å². The topological polar surface area (TPSA) is 23.6 Å². The molecular formula is C14H17BrCl2N2O. The minimum Gasteiger partial charge on any atom is -0.337 e. The van der Waals surface area contributed by atoms with Gasteiger partial charge in [-0.2, -0.15) is 0 Å². The third kappa shape index (κ3) is 3.88. The van der Waals surface area contributed by atoms with Gasteiger partial charge in [0.05, 0.1) is 10.6 Å². The maximum absolute atomic E-state index is 12.6. The highest BCUT2D eigenvalue weighted by molar-refractivity contribution is 9.10. The first-order valence-electron chi connectivity index (χ1n) is 6.65.